The molecule has 1 aromatic heterocycles. The first-order valence-electron chi connectivity index (χ1n) is 6.24. The van der Waals surface area contributed by atoms with Crippen molar-refractivity contribution in [3.63, 3.8) is 0 Å². The molecule has 3 nitrogen and oxygen atoms in total. The van der Waals surface area contributed by atoms with E-state index in [1.807, 2.05) is 0 Å². The summed E-state index contributed by atoms with van der Waals surface area (Å²) >= 11 is 0. The highest BCUT2D eigenvalue weighted by atomic mass is 19.2. The standard InChI is InChI=1S/C16H11F2NO2/c1-21-10-3-5-15-11(7-10)12(8-20)16(19-15)9-2-4-13(17)14(18)6-9/h2-8,19H,1H3. The summed E-state index contributed by atoms with van der Waals surface area (Å²) in [4.78, 5) is 14.5. The Labute approximate surface area is 119 Å². The minimum atomic E-state index is -0.958. The van der Waals surface area contributed by atoms with Crippen LogP contribution in [0.15, 0.2) is 36.4 Å². The van der Waals surface area contributed by atoms with Crippen LogP contribution in [0.5, 0.6) is 5.75 Å². The molecule has 1 heterocycles. The van der Waals surface area contributed by atoms with Crippen LogP contribution in [-0.4, -0.2) is 18.4 Å². The van der Waals surface area contributed by atoms with Gasteiger partial charge in [0, 0.05) is 22.0 Å². The molecule has 0 saturated carbocycles. The maximum absolute atomic E-state index is 13.4. The predicted molar refractivity (Wildman–Crippen MR) is 75.6 cm³/mol. The number of rotatable bonds is 3. The summed E-state index contributed by atoms with van der Waals surface area (Å²) in [7, 11) is 1.53. The Morgan fingerprint density at radius 3 is 2.57 bits per heavy atom. The fourth-order valence-corrected chi connectivity index (χ4v) is 2.32. The molecule has 0 fully saturated rings. The van der Waals surface area contributed by atoms with E-state index in [-0.39, 0.29) is 0 Å². The number of aldehydes is 1. The fourth-order valence-electron chi connectivity index (χ4n) is 2.32. The van der Waals surface area contributed by atoms with Gasteiger partial charge in [-0.1, -0.05) is 0 Å². The average molecular weight is 287 g/mol. The molecule has 3 aromatic rings. The summed E-state index contributed by atoms with van der Waals surface area (Å²) in [6, 6.07) is 8.76. The molecule has 0 saturated heterocycles. The molecule has 2 aromatic carbocycles. The van der Waals surface area contributed by atoms with Crippen LogP contribution in [-0.2, 0) is 0 Å². The molecule has 0 atom stereocenters. The molecule has 0 unspecified atom stereocenters. The summed E-state index contributed by atoms with van der Waals surface area (Å²) < 4.78 is 31.5. The number of fused-ring (bicyclic) bond motifs is 1. The van der Waals surface area contributed by atoms with Crippen LogP contribution >= 0.6 is 0 Å². The Hall–Kier alpha value is -2.69. The van der Waals surface area contributed by atoms with Crippen molar-refractivity contribution >= 4 is 17.2 Å². The molecule has 0 aliphatic carbocycles. The lowest BCUT2D eigenvalue weighted by atomic mass is 10.1. The zero-order valence-corrected chi connectivity index (χ0v) is 11.1. The lowest BCUT2D eigenvalue weighted by molar-refractivity contribution is 0.112. The van der Waals surface area contributed by atoms with Crippen molar-refractivity contribution in [1.29, 1.82) is 0 Å². The first-order valence-corrected chi connectivity index (χ1v) is 6.24. The van der Waals surface area contributed by atoms with E-state index >= 15 is 0 Å². The van der Waals surface area contributed by atoms with E-state index in [4.69, 9.17) is 4.74 Å². The molecule has 5 heteroatoms. The summed E-state index contributed by atoms with van der Waals surface area (Å²) in [6.45, 7) is 0. The Bertz CT molecular complexity index is 840. The molecule has 3 rings (SSSR count). The summed E-state index contributed by atoms with van der Waals surface area (Å²) in [6.07, 6.45) is 0.689. The second kappa shape index (κ2) is 5.01. The lowest BCUT2D eigenvalue weighted by Gasteiger charge is -2.01. The van der Waals surface area contributed by atoms with Crippen molar-refractivity contribution in [3.05, 3.63) is 53.6 Å². The summed E-state index contributed by atoms with van der Waals surface area (Å²) in [5.41, 5.74) is 1.96. The normalized spacial score (nSPS) is 10.8. The molecular formula is C16H11F2NO2. The largest absolute Gasteiger partial charge is 0.497 e. The van der Waals surface area contributed by atoms with Gasteiger partial charge in [0.1, 0.15) is 5.75 Å². The number of carbonyl (C=O) groups is 1. The quantitative estimate of drug-likeness (QED) is 0.741. The maximum atomic E-state index is 13.4. The van der Waals surface area contributed by atoms with Gasteiger partial charge in [0.15, 0.2) is 17.9 Å². The molecule has 106 valence electrons. The van der Waals surface area contributed by atoms with Crippen LogP contribution in [0.3, 0.4) is 0 Å². The average Bonchev–Trinajstić information content (AvgIpc) is 2.87. The number of hydrogen-bond donors (Lipinski definition) is 1. The molecule has 0 aliphatic heterocycles. The van der Waals surface area contributed by atoms with Gasteiger partial charge in [-0.2, -0.15) is 0 Å². The number of benzene rings is 2. The molecule has 0 amide bonds. The molecule has 0 bridgehead atoms. The fraction of sp³-hybridized carbons (Fsp3) is 0.0625. The second-order valence-corrected chi connectivity index (χ2v) is 4.57. The highest BCUT2D eigenvalue weighted by Crippen LogP contribution is 2.31. The van der Waals surface area contributed by atoms with Gasteiger partial charge in [-0.3, -0.25) is 4.79 Å². The third-order valence-electron chi connectivity index (χ3n) is 3.37. The monoisotopic (exact) mass is 287 g/mol. The van der Waals surface area contributed by atoms with Gasteiger partial charge in [-0.05, 0) is 36.4 Å². The number of H-pyrrole nitrogens is 1. The van der Waals surface area contributed by atoms with Crippen LogP contribution < -0.4 is 4.74 Å². The Morgan fingerprint density at radius 2 is 1.90 bits per heavy atom. The smallest absolute Gasteiger partial charge is 0.159 e. The molecule has 0 radical (unpaired) electrons. The summed E-state index contributed by atoms with van der Waals surface area (Å²) in [5.74, 6) is -1.27. The van der Waals surface area contributed by atoms with E-state index in [2.05, 4.69) is 4.98 Å². The number of methoxy groups -OCH3 is 1. The lowest BCUT2D eigenvalue weighted by Crippen LogP contribution is -1.88. The van der Waals surface area contributed by atoms with E-state index < -0.39 is 11.6 Å². The van der Waals surface area contributed by atoms with Crippen molar-refractivity contribution < 1.29 is 18.3 Å². The van der Waals surface area contributed by atoms with Crippen LogP contribution in [0.4, 0.5) is 8.78 Å². The SMILES string of the molecule is COc1ccc2[nH]c(-c3ccc(F)c(F)c3)c(C=O)c2c1. The third-order valence-corrected chi connectivity index (χ3v) is 3.37. The maximum Gasteiger partial charge on any atom is 0.159 e. The Kier molecular flexibility index (Phi) is 3.17. The van der Waals surface area contributed by atoms with Gasteiger partial charge in [-0.25, -0.2) is 8.78 Å². The van der Waals surface area contributed by atoms with Gasteiger partial charge in [0.25, 0.3) is 0 Å². The number of nitrogens with one attached hydrogen (secondary N) is 1. The highest BCUT2D eigenvalue weighted by Gasteiger charge is 2.14. The number of hydrogen-bond acceptors (Lipinski definition) is 2. The number of ether oxygens (including phenoxy) is 1. The van der Waals surface area contributed by atoms with E-state index in [0.717, 1.165) is 17.6 Å². The zero-order chi connectivity index (χ0) is 15.0. The van der Waals surface area contributed by atoms with Crippen molar-refractivity contribution in [3.8, 4) is 17.0 Å². The zero-order valence-electron chi connectivity index (χ0n) is 11.1. The topological polar surface area (TPSA) is 42.1 Å². The number of carbonyl (C=O) groups excluding carboxylic acids is 1. The molecular weight excluding hydrogens is 276 g/mol. The minimum Gasteiger partial charge on any atom is -0.497 e. The Balaban J connectivity index is 2.26. The van der Waals surface area contributed by atoms with Gasteiger partial charge in [-0.15, -0.1) is 0 Å². The van der Waals surface area contributed by atoms with Crippen LogP contribution in [0.25, 0.3) is 22.2 Å². The van der Waals surface area contributed by atoms with Gasteiger partial charge in [0.2, 0.25) is 0 Å². The molecule has 0 aliphatic rings. The van der Waals surface area contributed by atoms with E-state index in [1.54, 1.807) is 18.2 Å². The van der Waals surface area contributed by atoms with Crippen LogP contribution in [0.2, 0.25) is 0 Å². The highest BCUT2D eigenvalue weighted by molar-refractivity contribution is 6.04. The first-order chi connectivity index (χ1) is 10.1. The third kappa shape index (κ3) is 2.16. The first kappa shape index (κ1) is 13.3. The van der Waals surface area contributed by atoms with Crippen molar-refractivity contribution in [2.75, 3.05) is 7.11 Å². The van der Waals surface area contributed by atoms with E-state index in [1.165, 1.54) is 13.2 Å². The van der Waals surface area contributed by atoms with Crippen molar-refractivity contribution in [2.45, 2.75) is 0 Å². The number of halogens is 2. The van der Waals surface area contributed by atoms with Crippen LogP contribution in [0.1, 0.15) is 10.4 Å². The number of aromatic nitrogens is 1. The van der Waals surface area contributed by atoms with E-state index in [9.17, 15) is 13.6 Å². The summed E-state index contributed by atoms with van der Waals surface area (Å²) in [5, 5.41) is 0.670. The Morgan fingerprint density at radius 1 is 1.10 bits per heavy atom. The van der Waals surface area contributed by atoms with Crippen LogP contribution in [0, 0.1) is 11.6 Å². The second-order valence-electron chi connectivity index (χ2n) is 4.57. The minimum absolute atomic E-state index is 0.384. The number of aromatic amines is 1. The van der Waals surface area contributed by atoms with E-state index in [0.29, 0.717) is 34.2 Å². The molecule has 21 heavy (non-hydrogen) atoms. The van der Waals surface area contributed by atoms with Crippen molar-refractivity contribution in [1.82, 2.24) is 4.98 Å². The van der Waals surface area contributed by atoms with Gasteiger partial charge in [0.05, 0.1) is 12.8 Å². The molecule has 1 N–H and O–H groups in total. The van der Waals surface area contributed by atoms with Gasteiger partial charge >= 0.3 is 0 Å². The molecule has 0 spiro atoms. The van der Waals surface area contributed by atoms with Gasteiger partial charge < -0.3 is 9.72 Å². The predicted octanol–water partition coefficient (Wildman–Crippen LogP) is 3.93. The van der Waals surface area contributed by atoms with Crippen molar-refractivity contribution in [2.24, 2.45) is 0 Å².